The van der Waals surface area contributed by atoms with Crippen molar-refractivity contribution in [2.24, 2.45) is 4.99 Å². The fourth-order valence-electron chi connectivity index (χ4n) is 4.42. The van der Waals surface area contributed by atoms with E-state index in [4.69, 9.17) is 14.2 Å². The fourth-order valence-corrected chi connectivity index (χ4v) is 4.42. The Morgan fingerprint density at radius 2 is 1.91 bits per heavy atom. The maximum Gasteiger partial charge on any atom is 0.255 e. The number of aliphatic imine (C=N–C) groups is 1. The lowest BCUT2D eigenvalue weighted by atomic mass is 10.1. The summed E-state index contributed by atoms with van der Waals surface area (Å²) < 4.78 is 31.4. The Morgan fingerprint density at radius 3 is 2.66 bits per heavy atom. The number of hydrogen-bond donors (Lipinski definition) is 1. The molecule has 8 heteroatoms. The average molecular weight is 478 g/mol. The third kappa shape index (κ3) is 5.07. The summed E-state index contributed by atoms with van der Waals surface area (Å²) in [5.41, 5.74) is 1.13. The third-order valence-corrected chi connectivity index (χ3v) is 6.21. The van der Waals surface area contributed by atoms with Gasteiger partial charge in [-0.1, -0.05) is 24.3 Å². The molecule has 1 N–H and O–H groups in total. The molecular formula is C27H28FN3O4. The molecule has 2 aliphatic heterocycles. The van der Waals surface area contributed by atoms with Crippen LogP contribution in [0.15, 0.2) is 59.6 Å². The summed E-state index contributed by atoms with van der Waals surface area (Å²) >= 11 is 0. The first-order chi connectivity index (χ1) is 16.9. The second-order valence-corrected chi connectivity index (χ2v) is 9.11. The van der Waals surface area contributed by atoms with Crippen molar-refractivity contribution in [1.29, 1.82) is 0 Å². The first-order valence-electron chi connectivity index (χ1n) is 11.7. The second kappa shape index (κ2) is 9.54. The standard InChI is InChI=1S/C27H28FN3O4/c1-18-30-27(2,16-34-18)17-35-25-8-7-24(22-5-3-4-6-23(22)25)29-26(32)19-13-20(28)15-21(14-19)31-9-11-33-12-10-31/h3-8,13-15H,9-12,16-17H2,1-2H3,(H,29,32). The zero-order chi connectivity index (χ0) is 24.4. The summed E-state index contributed by atoms with van der Waals surface area (Å²) in [6, 6.07) is 15.8. The summed E-state index contributed by atoms with van der Waals surface area (Å²) in [4.78, 5) is 19.7. The molecule has 0 aromatic heterocycles. The van der Waals surface area contributed by atoms with Crippen LogP contribution in [0.1, 0.15) is 24.2 Å². The predicted molar refractivity (Wildman–Crippen MR) is 134 cm³/mol. The van der Waals surface area contributed by atoms with Crippen molar-refractivity contribution in [3.05, 3.63) is 66.0 Å². The van der Waals surface area contributed by atoms with Gasteiger partial charge in [0.15, 0.2) is 5.90 Å². The van der Waals surface area contributed by atoms with Crippen molar-refractivity contribution in [2.45, 2.75) is 19.4 Å². The number of nitrogens with zero attached hydrogens (tertiary/aromatic N) is 2. The number of amides is 1. The van der Waals surface area contributed by atoms with E-state index in [9.17, 15) is 9.18 Å². The third-order valence-electron chi connectivity index (χ3n) is 6.21. The molecule has 3 aromatic rings. The normalized spacial score (nSPS) is 19.9. The molecule has 1 saturated heterocycles. The molecule has 2 heterocycles. The van der Waals surface area contributed by atoms with Gasteiger partial charge in [0.1, 0.15) is 30.3 Å². The number of rotatable bonds is 6. The van der Waals surface area contributed by atoms with Gasteiger partial charge in [0.05, 0.1) is 13.2 Å². The highest BCUT2D eigenvalue weighted by Crippen LogP contribution is 2.33. The molecular weight excluding hydrogens is 449 g/mol. The smallest absolute Gasteiger partial charge is 0.255 e. The van der Waals surface area contributed by atoms with Crippen LogP contribution in [0.25, 0.3) is 10.8 Å². The topological polar surface area (TPSA) is 72.4 Å². The summed E-state index contributed by atoms with van der Waals surface area (Å²) in [6.45, 7) is 7.15. The van der Waals surface area contributed by atoms with E-state index in [0.717, 1.165) is 10.8 Å². The van der Waals surface area contributed by atoms with E-state index in [-0.39, 0.29) is 11.5 Å². The van der Waals surface area contributed by atoms with Crippen molar-refractivity contribution in [3.63, 3.8) is 0 Å². The van der Waals surface area contributed by atoms with E-state index in [2.05, 4.69) is 10.3 Å². The van der Waals surface area contributed by atoms with Crippen LogP contribution in [0.3, 0.4) is 0 Å². The monoisotopic (exact) mass is 477 g/mol. The Hall–Kier alpha value is -3.65. The van der Waals surface area contributed by atoms with Gasteiger partial charge in [-0.2, -0.15) is 0 Å². The molecule has 1 atom stereocenters. The van der Waals surface area contributed by atoms with Crippen molar-refractivity contribution < 1.29 is 23.4 Å². The summed E-state index contributed by atoms with van der Waals surface area (Å²) in [7, 11) is 0. The molecule has 0 spiro atoms. The minimum absolute atomic E-state index is 0.262. The largest absolute Gasteiger partial charge is 0.490 e. The minimum Gasteiger partial charge on any atom is -0.490 e. The molecule has 0 saturated carbocycles. The zero-order valence-electron chi connectivity index (χ0n) is 19.8. The van der Waals surface area contributed by atoms with Crippen molar-refractivity contribution in [3.8, 4) is 5.75 Å². The SMILES string of the molecule is CC1=NC(C)(COc2ccc(NC(=O)c3cc(F)cc(N4CCOCC4)c3)c3ccccc23)CO1. The molecule has 1 fully saturated rings. The molecule has 7 nitrogen and oxygen atoms in total. The van der Waals surface area contributed by atoms with Gasteiger partial charge < -0.3 is 24.4 Å². The number of hydrogen-bond acceptors (Lipinski definition) is 6. The predicted octanol–water partition coefficient (Wildman–Crippen LogP) is 4.65. The Morgan fingerprint density at radius 1 is 1.14 bits per heavy atom. The van der Waals surface area contributed by atoms with Gasteiger partial charge in [0, 0.05) is 47.7 Å². The molecule has 0 radical (unpaired) electrons. The number of carbonyl (C=O) groups excluding carboxylic acids is 1. The zero-order valence-corrected chi connectivity index (χ0v) is 19.8. The highest BCUT2D eigenvalue weighted by molar-refractivity contribution is 6.10. The second-order valence-electron chi connectivity index (χ2n) is 9.11. The average Bonchev–Trinajstić information content (AvgIpc) is 3.22. The highest BCUT2D eigenvalue weighted by atomic mass is 19.1. The van der Waals surface area contributed by atoms with E-state index in [1.54, 1.807) is 12.1 Å². The van der Waals surface area contributed by atoms with Gasteiger partial charge in [-0.15, -0.1) is 0 Å². The molecule has 1 amide bonds. The van der Waals surface area contributed by atoms with Crippen LogP contribution < -0.4 is 15.0 Å². The molecule has 3 aromatic carbocycles. The highest BCUT2D eigenvalue weighted by Gasteiger charge is 2.31. The lowest BCUT2D eigenvalue weighted by molar-refractivity contribution is 0.102. The van der Waals surface area contributed by atoms with E-state index in [1.807, 2.05) is 49.1 Å². The van der Waals surface area contributed by atoms with E-state index in [1.165, 1.54) is 12.1 Å². The van der Waals surface area contributed by atoms with E-state index < -0.39 is 11.4 Å². The molecule has 2 aliphatic rings. The molecule has 35 heavy (non-hydrogen) atoms. The molecule has 0 bridgehead atoms. The number of halogens is 1. The molecule has 182 valence electrons. The first-order valence-corrected chi connectivity index (χ1v) is 11.7. The fraction of sp³-hybridized carbons (Fsp3) is 0.333. The van der Waals surface area contributed by atoms with Crippen molar-refractivity contribution in [1.82, 2.24) is 0 Å². The number of benzene rings is 3. The van der Waals surface area contributed by atoms with Gasteiger partial charge in [0.25, 0.3) is 5.91 Å². The lowest BCUT2D eigenvalue weighted by Crippen LogP contribution is -2.36. The number of morpholine rings is 1. The Kier molecular flexibility index (Phi) is 6.30. The molecule has 0 aliphatic carbocycles. The van der Waals surface area contributed by atoms with Crippen LogP contribution in [0.4, 0.5) is 15.8 Å². The minimum atomic E-state index is -0.449. The summed E-state index contributed by atoms with van der Waals surface area (Å²) in [5, 5.41) is 4.64. The summed E-state index contributed by atoms with van der Waals surface area (Å²) in [5.74, 6) is 0.529. The van der Waals surface area contributed by atoms with Crippen LogP contribution in [-0.4, -0.2) is 56.9 Å². The molecule has 5 rings (SSSR count). The van der Waals surface area contributed by atoms with Crippen LogP contribution in [0.5, 0.6) is 5.75 Å². The Balaban J connectivity index is 1.37. The number of fused-ring (bicyclic) bond motifs is 1. The number of anilines is 2. The van der Waals surface area contributed by atoms with E-state index >= 15 is 0 Å². The first kappa shape index (κ1) is 23.1. The maximum absolute atomic E-state index is 14.4. The van der Waals surface area contributed by atoms with Gasteiger partial charge in [-0.3, -0.25) is 4.79 Å². The van der Waals surface area contributed by atoms with Gasteiger partial charge in [0.2, 0.25) is 0 Å². The van der Waals surface area contributed by atoms with Gasteiger partial charge in [-0.25, -0.2) is 9.38 Å². The number of nitrogens with one attached hydrogen (secondary N) is 1. The van der Waals surface area contributed by atoms with Crippen LogP contribution in [0.2, 0.25) is 0 Å². The van der Waals surface area contributed by atoms with Crippen molar-refractivity contribution in [2.75, 3.05) is 49.7 Å². The van der Waals surface area contributed by atoms with Gasteiger partial charge in [-0.05, 0) is 37.3 Å². The maximum atomic E-state index is 14.4. The number of ether oxygens (including phenoxy) is 3. The lowest BCUT2D eigenvalue weighted by Gasteiger charge is -2.29. The Bertz CT molecular complexity index is 1290. The Labute approximate surface area is 203 Å². The quantitative estimate of drug-likeness (QED) is 0.559. The van der Waals surface area contributed by atoms with Crippen molar-refractivity contribution >= 4 is 34.0 Å². The van der Waals surface area contributed by atoms with Crippen LogP contribution in [0, 0.1) is 5.82 Å². The van der Waals surface area contributed by atoms with Crippen LogP contribution >= 0.6 is 0 Å². The van der Waals surface area contributed by atoms with E-state index in [0.29, 0.717) is 62.5 Å². The van der Waals surface area contributed by atoms with Crippen LogP contribution in [-0.2, 0) is 9.47 Å². The molecule has 1 unspecified atom stereocenters. The van der Waals surface area contributed by atoms with Gasteiger partial charge >= 0.3 is 0 Å². The number of carbonyl (C=O) groups is 1. The summed E-state index contributed by atoms with van der Waals surface area (Å²) in [6.07, 6.45) is 0.